The van der Waals surface area contributed by atoms with Crippen molar-refractivity contribution < 1.29 is 14.3 Å². The summed E-state index contributed by atoms with van der Waals surface area (Å²) in [5.41, 5.74) is 1.71. The first-order chi connectivity index (χ1) is 11.7. The molecule has 2 aromatic heterocycles. The molecule has 3 aromatic rings. The van der Waals surface area contributed by atoms with Crippen LogP contribution in [-0.2, 0) is 16.0 Å². The number of anilines is 1. The summed E-state index contributed by atoms with van der Waals surface area (Å²) in [7, 11) is 1.32. The fourth-order valence-corrected chi connectivity index (χ4v) is 2.81. The van der Waals surface area contributed by atoms with Gasteiger partial charge in [-0.3, -0.25) is 14.9 Å². The van der Waals surface area contributed by atoms with Crippen LogP contribution in [0.5, 0.6) is 0 Å². The molecule has 0 bridgehead atoms. The Labute approximate surface area is 141 Å². The average molecular weight is 342 g/mol. The van der Waals surface area contributed by atoms with Gasteiger partial charge in [0.1, 0.15) is 0 Å². The van der Waals surface area contributed by atoms with Crippen molar-refractivity contribution in [1.82, 2.24) is 14.8 Å². The number of nitrogens with zero attached hydrogens (tertiary/aromatic N) is 3. The standard InChI is InChI=1S/C16H14N4O3S/c1-23-14(21)9-11-10-24-16(18-11)19-15(22)12-5-2-3-6-13(12)20-8-4-7-17-20/h2-8,10H,9H2,1H3,(H,18,19,22). The largest absolute Gasteiger partial charge is 0.469 e. The van der Waals surface area contributed by atoms with Crippen LogP contribution >= 0.6 is 11.3 Å². The Morgan fingerprint density at radius 2 is 2.12 bits per heavy atom. The van der Waals surface area contributed by atoms with Crippen molar-refractivity contribution in [2.24, 2.45) is 0 Å². The molecule has 0 saturated carbocycles. The Bertz CT molecular complexity index is 858. The van der Waals surface area contributed by atoms with E-state index >= 15 is 0 Å². The second-order valence-corrected chi connectivity index (χ2v) is 5.68. The van der Waals surface area contributed by atoms with E-state index in [0.29, 0.717) is 22.1 Å². The highest BCUT2D eigenvalue weighted by Gasteiger charge is 2.15. The quantitative estimate of drug-likeness (QED) is 0.719. The van der Waals surface area contributed by atoms with E-state index in [4.69, 9.17) is 0 Å². The Balaban J connectivity index is 1.78. The molecular weight excluding hydrogens is 328 g/mol. The first kappa shape index (κ1) is 15.9. The molecule has 0 aliphatic carbocycles. The zero-order valence-electron chi connectivity index (χ0n) is 12.8. The third-order valence-corrected chi connectivity index (χ3v) is 4.03. The normalized spacial score (nSPS) is 10.4. The van der Waals surface area contributed by atoms with Crippen molar-refractivity contribution in [3.05, 3.63) is 59.4 Å². The number of para-hydroxylation sites is 1. The third-order valence-electron chi connectivity index (χ3n) is 3.23. The Morgan fingerprint density at radius 3 is 2.88 bits per heavy atom. The van der Waals surface area contributed by atoms with Gasteiger partial charge in [0.05, 0.1) is 30.5 Å². The maximum Gasteiger partial charge on any atom is 0.311 e. The average Bonchev–Trinajstić information content (AvgIpc) is 3.27. The van der Waals surface area contributed by atoms with Crippen LogP contribution in [0, 0.1) is 0 Å². The summed E-state index contributed by atoms with van der Waals surface area (Å²) in [4.78, 5) is 28.0. The van der Waals surface area contributed by atoms with Gasteiger partial charge < -0.3 is 4.74 Å². The highest BCUT2D eigenvalue weighted by atomic mass is 32.1. The minimum atomic E-state index is -0.373. The number of ether oxygens (including phenoxy) is 1. The monoisotopic (exact) mass is 342 g/mol. The van der Waals surface area contributed by atoms with Crippen molar-refractivity contribution in [2.75, 3.05) is 12.4 Å². The summed E-state index contributed by atoms with van der Waals surface area (Å²) < 4.78 is 6.22. The van der Waals surface area contributed by atoms with Crippen molar-refractivity contribution in [3.63, 3.8) is 0 Å². The second kappa shape index (κ2) is 7.05. The van der Waals surface area contributed by atoms with Crippen molar-refractivity contribution in [3.8, 4) is 5.69 Å². The van der Waals surface area contributed by atoms with Crippen LogP contribution in [0.15, 0.2) is 48.1 Å². The molecule has 0 aliphatic rings. The molecule has 0 aliphatic heterocycles. The predicted octanol–water partition coefficient (Wildman–Crippen LogP) is 2.30. The van der Waals surface area contributed by atoms with Gasteiger partial charge in [0.2, 0.25) is 0 Å². The minimum absolute atomic E-state index is 0.0761. The molecule has 0 radical (unpaired) electrons. The van der Waals surface area contributed by atoms with Gasteiger partial charge in [-0.15, -0.1) is 11.3 Å². The number of carbonyl (C=O) groups excluding carboxylic acids is 2. The van der Waals surface area contributed by atoms with Crippen LogP contribution in [0.4, 0.5) is 5.13 Å². The van der Waals surface area contributed by atoms with Gasteiger partial charge in [0.25, 0.3) is 5.91 Å². The first-order valence-corrected chi connectivity index (χ1v) is 7.97. The van der Waals surface area contributed by atoms with Gasteiger partial charge in [-0.25, -0.2) is 9.67 Å². The maximum absolute atomic E-state index is 12.5. The van der Waals surface area contributed by atoms with Crippen LogP contribution in [-0.4, -0.2) is 33.8 Å². The topological polar surface area (TPSA) is 86.1 Å². The first-order valence-electron chi connectivity index (χ1n) is 7.09. The highest BCUT2D eigenvalue weighted by Crippen LogP contribution is 2.19. The summed E-state index contributed by atoms with van der Waals surface area (Å²) in [5.74, 6) is -0.665. The Hall–Kier alpha value is -3.00. The fraction of sp³-hybridized carbons (Fsp3) is 0.125. The number of methoxy groups -OCH3 is 1. The molecular formula is C16H14N4O3S. The molecule has 24 heavy (non-hydrogen) atoms. The lowest BCUT2D eigenvalue weighted by Gasteiger charge is -2.08. The van der Waals surface area contributed by atoms with Crippen LogP contribution in [0.2, 0.25) is 0 Å². The zero-order chi connectivity index (χ0) is 16.9. The van der Waals surface area contributed by atoms with Crippen LogP contribution in [0.1, 0.15) is 16.1 Å². The van der Waals surface area contributed by atoms with Gasteiger partial charge in [-0.2, -0.15) is 5.10 Å². The van der Waals surface area contributed by atoms with E-state index in [0.717, 1.165) is 0 Å². The molecule has 0 saturated heterocycles. The number of hydrogen-bond acceptors (Lipinski definition) is 6. The van der Waals surface area contributed by atoms with E-state index < -0.39 is 0 Å². The summed E-state index contributed by atoms with van der Waals surface area (Å²) in [5, 5.41) is 9.04. The Morgan fingerprint density at radius 1 is 1.29 bits per heavy atom. The van der Waals surface area contributed by atoms with Gasteiger partial charge in [0.15, 0.2) is 5.13 Å². The van der Waals surface area contributed by atoms with Gasteiger partial charge in [-0.05, 0) is 18.2 Å². The fourth-order valence-electron chi connectivity index (χ4n) is 2.11. The lowest BCUT2D eigenvalue weighted by molar-refractivity contribution is -0.139. The minimum Gasteiger partial charge on any atom is -0.469 e. The Kier molecular flexibility index (Phi) is 4.66. The highest BCUT2D eigenvalue weighted by molar-refractivity contribution is 7.14. The molecule has 8 heteroatoms. The molecule has 2 heterocycles. The third kappa shape index (κ3) is 3.49. The van der Waals surface area contributed by atoms with E-state index in [2.05, 4.69) is 20.1 Å². The van der Waals surface area contributed by atoms with Crippen LogP contribution in [0.3, 0.4) is 0 Å². The number of amides is 1. The summed E-state index contributed by atoms with van der Waals surface area (Å²) in [6, 6.07) is 8.94. The smallest absolute Gasteiger partial charge is 0.311 e. The number of rotatable bonds is 5. The van der Waals surface area contributed by atoms with E-state index in [-0.39, 0.29) is 18.3 Å². The molecule has 1 aromatic carbocycles. The number of nitrogens with one attached hydrogen (secondary N) is 1. The predicted molar refractivity (Wildman–Crippen MR) is 89.4 cm³/mol. The molecule has 3 rings (SSSR count). The van der Waals surface area contributed by atoms with E-state index in [9.17, 15) is 9.59 Å². The maximum atomic E-state index is 12.5. The van der Waals surface area contributed by atoms with Gasteiger partial charge >= 0.3 is 5.97 Å². The molecule has 7 nitrogen and oxygen atoms in total. The molecule has 1 N–H and O–H groups in total. The number of aromatic nitrogens is 3. The van der Waals surface area contributed by atoms with Crippen LogP contribution in [0.25, 0.3) is 5.69 Å². The van der Waals surface area contributed by atoms with Crippen molar-refractivity contribution in [1.29, 1.82) is 0 Å². The second-order valence-electron chi connectivity index (χ2n) is 4.82. The van der Waals surface area contributed by atoms with Crippen molar-refractivity contribution in [2.45, 2.75) is 6.42 Å². The van der Waals surface area contributed by atoms with Gasteiger partial charge in [-0.1, -0.05) is 12.1 Å². The number of esters is 1. The molecule has 122 valence electrons. The van der Waals surface area contributed by atoms with Gasteiger partial charge in [0, 0.05) is 17.8 Å². The molecule has 0 fully saturated rings. The summed E-state index contributed by atoms with van der Waals surface area (Å²) >= 11 is 1.26. The number of benzene rings is 1. The van der Waals surface area contributed by atoms with Crippen LogP contribution < -0.4 is 5.32 Å². The van der Waals surface area contributed by atoms with E-state index in [1.165, 1.54) is 18.4 Å². The lowest BCUT2D eigenvalue weighted by Crippen LogP contribution is -2.15. The SMILES string of the molecule is COC(=O)Cc1csc(NC(=O)c2ccccc2-n2cccn2)n1. The zero-order valence-corrected chi connectivity index (χ0v) is 13.6. The van der Waals surface area contributed by atoms with E-state index in [1.54, 1.807) is 40.7 Å². The molecule has 0 spiro atoms. The molecule has 1 amide bonds. The molecule has 0 atom stereocenters. The molecule has 0 unspecified atom stereocenters. The number of hydrogen-bond donors (Lipinski definition) is 1. The summed E-state index contributed by atoms with van der Waals surface area (Å²) in [6.45, 7) is 0. The number of thiazole rings is 1. The van der Waals surface area contributed by atoms with Crippen molar-refractivity contribution >= 4 is 28.3 Å². The number of carbonyl (C=O) groups is 2. The van der Waals surface area contributed by atoms with E-state index in [1.807, 2.05) is 12.1 Å². The lowest BCUT2D eigenvalue weighted by atomic mass is 10.1. The summed E-state index contributed by atoms with van der Waals surface area (Å²) in [6.07, 6.45) is 3.49.